The standard InChI is InChI=1S/C9H16N4O2S/c1-9(3-4-9)6-11-16(14,15)7-5-13(2)12-8(7)10/h5,11H,3-4,6H2,1-2H3,(H2,10,12). The Hall–Kier alpha value is -1.08. The molecule has 90 valence electrons. The Morgan fingerprint density at radius 2 is 2.25 bits per heavy atom. The Labute approximate surface area is 94.9 Å². The molecule has 1 aromatic rings. The molecule has 16 heavy (non-hydrogen) atoms. The van der Waals surface area contributed by atoms with Gasteiger partial charge in [-0.2, -0.15) is 5.10 Å². The zero-order chi connectivity index (χ0) is 12.0. The first kappa shape index (κ1) is 11.4. The normalized spacial score (nSPS) is 18.6. The van der Waals surface area contributed by atoms with Gasteiger partial charge in [-0.05, 0) is 18.3 Å². The lowest BCUT2D eigenvalue weighted by molar-refractivity contribution is 0.530. The van der Waals surface area contributed by atoms with Gasteiger partial charge in [0, 0.05) is 19.8 Å². The molecule has 2 rings (SSSR count). The summed E-state index contributed by atoms with van der Waals surface area (Å²) >= 11 is 0. The molecule has 0 spiro atoms. The van der Waals surface area contributed by atoms with Crippen LogP contribution in [0, 0.1) is 5.41 Å². The predicted octanol–water partition coefficient (Wildman–Crippen LogP) is 0.0807. The van der Waals surface area contributed by atoms with Gasteiger partial charge >= 0.3 is 0 Å². The second-order valence-corrected chi connectivity index (χ2v) is 6.42. The number of nitrogens with one attached hydrogen (secondary N) is 1. The number of sulfonamides is 1. The monoisotopic (exact) mass is 244 g/mol. The molecule has 1 saturated carbocycles. The molecule has 0 unspecified atom stereocenters. The molecule has 1 aliphatic rings. The van der Waals surface area contributed by atoms with Gasteiger partial charge in [-0.15, -0.1) is 0 Å². The van der Waals surface area contributed by atoms with E-state index in [4.69, 9.17) is 5.73 Å². The second-order valence-electron chi connectivity index (χ2n) is 4.69. The number of nitrogens with two attached hydrogens (primary N) is 1. The minimum atomic E-state index is -3.52. The average molecular weight is 244 g/mol. The van der Waals surface area contributed by atoms with Gasteiger partial charge in [0.05, 0.1) is 0 Å². The van der Waals surface area contributed by atoms with Crippen LogP contribution in [0.15, 0.2) is 11.1 Å². The molecule has 3 N–H and O–H groups in total. The molecule has 0 aliphatic heterocycles. The van der Waals surface area contributed by atoms with E-state index in [-0.39, 0.29) is 16.1 Å². The maximum Gasteiger partial charge on any atom is 0.245 e. The number of rotatable bonds is 4. The Balaban J connectivity index is 2.15. The van der Waals surface area contributed by atoms with Crippen molar-refractivity contribution in [1.82, 2.24) is 14.5 Å². The van der Waals surface area contributed by atoms with Crippen molar-refractivity contribution in [2.75, 3.05) is 12.3 Å². The maximum atomic E-state index is 11.9. The third kappa shape index (κ3) is 2.19. The summed E-state index contributed by atoms with van der Waals surface area (Å²) in [5.74, 6) is 0.0379. The van der Waals surface area contributed by atoms with Gasteiger partial charge < -0.3 is 5.73 Å². The molecule has 0 radical (unpaired) electrons. The molecule has 1 fully saturated rings. The van der Waals surface area contributed by atoms with Crippen LogP contribution in [0.3, 0.4) is 0 Å². The Kier molecular flexibility index (Phi) is 2.47. The number of aryl methyl sites for hydroxylation is 1. The SMILES string of the molecule is Cn1cc(S(=O)(=O)NCC2(C)CC2)c(N)n1. The van der Waals surface area contributed by atoms with Crippen LogP contribution in [0.25, 0.3) is 0 Å². The molecule has 0 atom stereocenters. The van der Waals surface area contributed by atoms with Gasteiger partial charge in [0.1, 0.15) is 4.90 Å². The van der Waals surface area contributed by atoms with Crippen molar-refractivity contribution in [3.63, 3.8) is 0 Å². The molecule has 1 aliphatic carbocycles. The summed E-state index contributed by atoms with van der Waals surface area (Å²) in [4.78, 5) is 0.0549. The van der Waals surface area contributed by atoms with E-state index in [1.54, 1.807) is 7.05 Å². The zero-order valence-electron chi connectivity index (χ0n) is 9.40. The highest BCUT2D eigenvalue weighted by Crippen LogP contribution is 2.44. The number of nitrogens with zero attached hydrogens (tertiary/aromatic N) is 2. The molecule has 0 bridgehead atoms. The van der Waals surface area contributed by atoms with Crippen LogP contribution in [-0.2, 0) is 17.1 Å². The average Bonchev–Trinajstić information content (AvgIpc) is 2.81. The maximum absolute atomic E-state index is 11.9. The summed E-state index contributed by atoms with van der Waals surface area (Å²) in [6.07, 6.45) is 3.54. The second kappa shape index (κ2) is 3.46. The Morgan fingerprint density at radius 1 is 1.62 bits per heavy atom. The quantitative estimate of drug-likeness (QED) is 0.785. The smallest absolute Gasteiger partial charge is 0.245 e. The Morgan fingerprint density at radius 3 is 2.69 bits per heavy atom. The first-order valence-electron chi connectivity index (χ1n) is 5.11. The van der Waals surface area contributed by atoms with Crippen LogP contribution >= 0.6 is 0 Å². The van der Waals surface area contributed by atoms with Crippen molar-refractivity contribution in [3.05, 3.63) is 6.20 Å². The van der Waals surface area contributed by atoms with Gasteiger partial charge in [-0.3, -0.25) is 4.68 Å². The molecular formula is C9H16N4O2S. The van der Waals surface area contributed by atoms with Crippen molar-refractivity contribution >= 4 is 15.8 Å². The summed E-state index contributed by atoms with van der Waals surface area (Å²) in [6, 6.07) is 0. The first-order chi connectivity index (χ1) is 7.32. The van der Waals surface area contributed by atoms with Crippen molar-refractivity contribution in [1.29, 1.82) is 0 Å². The topological polar surface area (TPSA) is 90.0 Å². The van der Waals surface area contributed by atoms with Crippen LogP contribution in [-0.4, -0.2) is 24.7 Å². The summed E-state index contributed by atoms with van der Waals surface area (Å²) < 4.78 is 27.8. The fourth-order valence-corrected chi connectivity index (χ4v) is 2.73. The van der Waals surface area contributed by atoms with Gasteiger partial charge in [-0.25, -0.2) is 13.1 Å². The summed E-state index contributed by atoms with van der Waals surface area (Å²) in [6.45, 7) is 2.52. The zero-order valence-corrected chi connectivity index (χ0v) is 10.2. The Bertz CT molecular complexity index is 502. The highest BCUT2D eigenvalue weighted by molar-refractivity contribution is 7.89. The largest absolute Gasteiger partial charge is 0.381 e. The van der Waals surface area contributed by atoms with Crippen molar-refractivity contribution < 1.29 is 8.42 Å². The molecule has 0 aromatic carbocycles. The summed E-state index contributed by atoms with van der Waals surface area (Å²) in [5, 5.41) is 3.81. The lowest BCUT2D eigenvalue weighted by Gasteiger charge is -2.09. The third-order valence-electron chi connectivity index (χ3n) is 2.90. The van der Waals surface area contributed by atoms with E-state index in [1.165, 1.54) is 10.9 Å². The number of hydrogen-bond donors (Lipinski definition) is 2. The van der Waals surface area contributed by atoms with E-state index in [0.717, 1.165) is 12.8 Å². The highest BCUT2D eigenvalue weighted by atomic mass is 32.2. The minimum Gasteiger partial charge on any atom is -0.381 e. The summed E-state index contributed by atoms with van der Waals surface area (Å²) in [5.41, 5.74) is 5.66. The fraction of sp³-hybridized carbons (Fsp3) is 0.667. The van der Waals surface area contributed by atoms with Crippen LogP contribution in [0.5, 0.6) is 0 Å². The molecule has 6 nitrogen and oxygen atoms in total. The van der Waals surface area contributed by atoms with Crippen LogP contribution in [0.2, 0.25) is 0 Å². The molecule has 7 heteroatoms. The molecule has 1 aromatic heterocycles. The molecule has 0 amide bonds. The van der Waals surface area contributed by atoms with E-state index in [2.05, 4.69) is 16.7 Å². The minimum absolute atomic E-state index is 0.0379. The van der Waals surface area contributed by atoms with E-state index in [9.17, 15) is 8.42 Å². The highest BCUT2D eigenvalue weighted by Gasteiger charge is 2.38. The molecular weight excluding hydrogens is 228 g/mol. The number of hydrogen-bond acceptors (Lipinski definition) is 4. The van der Waals surface area contributed by atoms with Gasteiger partial charge in [0.2, 0.25) is 10.0 Å². The van der Waals surface area contributed by atoms with E-state index < -0.39 is 10.0 Å². The molecule has 0 saturated heterocycles. The van der Waals surface area contributed by atoms with Crippen molar-refractivity contribution in [3.8, 4) is 0 Å². The lowest BCUT2D eigenvalue weighted by atomic mass is 10.2. The van der Waals surface area contributed by atoms with Gasteiger partial charge in [0.15, 0.2) is 5.82 Å². The van der Waals surface area contributed by atoms with Crippen LogP contribution in [0.1, 0.15) is 19.8 Å². The number of nitrogen functional groups attached to an aromatic ring is 1. The van der Waals surface area contributed by atoms with Crippen LogP contribution < -0.4 is 10.5 Å². The third-order valence-corrected chi connectivity index (χ3v) is 4.32. The van der Waals surface area contributed by atoms with Crippen molar-refractivity contribution in [2.45, 2.75) is 24.7 Å². The first-order valence-corrected chi connectivity index (χ1v) is 6.60. The predicted molar refractivity (Wildman–Crippen MR) is 60.1 cm³/mol. The van der Waals surface area contributed by atoms with Gasteiger partial charge in [-0.1, -0.05) is 6.92 Å². The number of aromatic nitrogens is 2. The molecule has 1 heterocycles. The van der Waals surface area contributed by atoms with E-state index in [1.807, 2.05) is 0 Å². The van der Waals surface area contributed by atoms with Gasteiger partial charge in [0.25, 0.3) is 0 Å². The summed E-state index contributed by atoms with van der Waals surface area (Å²) in [7, 11) is -1.89. The van der Waals surface area contributed by atoms with E-state index >= 15 is 0 Å². The van der Waals surface area contributed by atoms with Crippen molar-refractivity contribution in [2.24, 2.45) is 12.5 Å². The van der Waals surface area contributed by atoms with Crippen LogP contribution in [0.4, 0.5) is 5.82 Å². The number of anilines is 1. The van der Waals surface area contributed by atoms with E-state index in [0.29, 0.717) is 6.54 Å². The lowest BCUT2D eigenvalue weighted by Crippen LogP contribution is -2.29. The fourth-order valence-electron chi connectivity index (χ4n) is 1.43.